The van der Waals surface area contributed by atoms with E-state index in [4.69, 9.17) is 19.3 Å². The predicted octanol–water partition coefficient (Wildman–Crippen LogP) is 0.0442. The molecule has 5 atom stereocenters. The Balaban J connectivity index is 1.95. The molecule has 1 saturated heterocycles. The summed E-state index contributed by atoms with van der Waals surface area (Å²) in [4.78, 5) is 0. The summed E-state index contributed by atoms with van der Waals surface area (Å²) in [5.74, 6) is 1.12. The first kappa shape index (κ1) is 18.0. The smallest absolute Gasteiger partial charge is 0.229 e. The lowest BCUT2D eigenvalue weighted by Gasteiger charge is -2.39. The molecule has 0 aliphatic carbocycles. The van der Waals surface area contributed by atoms with Gasteiger partial charge in [0.15, 0.2) is 0 Å². The Hall–Kier alpha value is -1.38. The maximum atomic E-state index is 9.91. The summed E-state index contributed by atoms with van der Waals surface area (Å²) < 4.78 is 16.3. The van der Waals surface area contributed by atoms with Gasteiger partial charge in [-0.3, -0.25) is 0 Å². The van der Waals surface area contributed by atoms with Crippen LogP contribution in [-0.2, 0) is 4.74 Å². The number of hydrogen-bond acceptors (Lipinski definition) is 7. The van der Waals surface area contributed by atoms with Crippen LogP contribution in [0.4, 0.5) is 0 Å². The van der Waals surface area contributed by atoms with Gasteiger partial charge in [-0.05, 0) is 30.7 Å². The maximum Gasteiger partial charge on any atom is 0.229 e. The third-order valence-corrected chi connectivity index (χ3v) is 3.69. The van der Waals surface area contributed by atoms with Crippen molar-refractivity contribution < 1.29 is 34.6 Å². The fourth-order valence-electron chi connectivity index (χ4n) is 2.25. The Kier molecular flexibility index (Phi) is 6.61. The average Bonchev–Trinajstić information content (AvgIpc) is 2.57. The molecule has 7 heteroatoms. The van der Waals surface area contributed by atoms with Gasteiger partial charge in [0.2, 0.25) is 6.29 Å². The van der Waals surface area contributed by atoms with Crippen LogP contribution in [0.1, 0.15) is 19.8 Å². The highest BCUT2D eigenvalue weighted by Gasteiger charge is 2.44. The van der Waals surface area contributed by atoms with E-state index < -0.39 is 37.3 Å². The Morgan fingerprint density at radius 3 is 2.26 bits per heavy atom. The summed E-state index contributed by atoms with van der Waals surface area (Å²) >= 11 is 0. The molecule has 23 heavy (non-hydrogen) atoms. The van der Waals surface area contributed by atoms with E-state index in [1.165, 1.54) is 0 Å². The molecule has 1 aliphatic heterocycles. The van der Waals surface area contributed by atoms with Crippen molar-refractivity contribution in [1.82, 2.24) is 0 Å². The third-order valence-electron chi connectivity index (χ3n) is 3.69. The molecular weight excluding hydrogens is 304 g/mol. The SMILES string of the molecule is CCCCOc1ccc(O[C@H]2O[C@H](CO)[C@@H](O)[C@H](O)[C@H]2O)cc1. The summed E-state index contributed by atoms with van der Waals surface area (Å²) in [5.41, 5.74) is 0. The molecule has 7 nitrogen and oxygen atoms in total. The van der Waals surface area contributed by atoms with E-state index in [0.717, 1.165) is 12.8 Å². The minimum atomic E-state index is -1.46. The van der Waals surface area contributed by atoms with Crippen molar-refractivity contribution in [2.45, 2.75) is 50.5 Å². The Bertz CT molecular complexity index is 462. The van der Waals surface area contributed by atoms with Gasteiger partial charge < -0.3 is 34.6 Å². The van der Waals surface area contributed by atoms with Gasteiger partial charge in [-0.1, -0.05) is 13.3 Å². The quantitative estimate of drug-likeness (QED) is 0.524. The van der Waals surface area contributed by atoms with Crippen LogP contribution in [0.2, 0.25) is 0 Å². The zero-order valence-electron chi connectivity index (χ0n) is 13.0. The number of unbranched alkanes of at least 4 members (excludes halogenated alkanes) is 1. The van der Waals surface area contributed by atoms with Crippen molar-refractivity contribution in [2.75, 3.05) is 13.2 Å². The van der Waals surface area contributed by atoms with E-state index in [1.807, 2.05) is 0 Å². The van der Waals surface area contributed by atoms with Crippen molar-refractivity contribution in [1.29, 1.82) is 0 Å². The molecule has 1 aromatic rings. The molecule has 2 rings (SSSR count). The monoisotopic (exact) mass is 328 g/mol. The summed E-state index contributed by atoms with van der Waals surface area (Å²) in [6.07, 6.45) is -4.42. The molecule has 130 valence electrons. The molecule has 1 aromatic carbocycles. The first-order valence-corrected chi connectivity index (χ1v) is 7.76. The lowest BCUT2D eigenvalue weighted by atomic mass is 9.99. The molecule has 0 aromatic heterocycles. The number of aliphatic hydroxyl groups is 4. The van der Waals surface area contributed by atoms with Gasteiger partial charge in [0.05, 0.1) is 13.2 Å². The number of rotatable bonds is 7. The van der Waals surface area contributed by atoms with Crippen molar-refractivity contribution in [3.05, 3.63) is 24.3 Å². The van der Waals surface area contributed by atoms with Crippen LogP contribution in [0.3, 0.4) is 0 Å². The fraction of sp³-hybridized carbons (Fsp3) is 0.625. The molecule has 0 amide bonds. The topological polar surface area (TPSA) is 109 Å². The zero-order valence-corrected chi connectivity index (χ0v) is 13.0. The Morgan fingerprint density at radius 2 is 1.65 bits per heavy atom. The van der Waals surface area contributed by atoms with Crippen LogP contribution in [0.15, 0.2) is 24.3 Å². The van der Waals surface area contributed by atoms with Crippen molar-refractivity contribution in [3.63, 3.8) is 0 Å². The van der Waals surface area contributed by atoms with Gasteiger partial charge in [0, 0.05) is 0 Å². The number of hydrogen-bond donors (Lipinski definition) is 4. The van der Waals surface area contributed by atoms with Crippen LogP contribution in [0, 0.1) is 0 Å². The summed E-state index contributed by atoms with van der Waals surface area (Å²) in [7, 11) is 0. The van der Waals surface area contributed by atoms with Crippen LogP contribution in [-0.4, -0.2) is 64.3 Å². The van der Waals surface area contributed by atoms with E-state index in [9.17, 15) is 15.3 Å². The molecule has 0 bridgehead atoms. The summed E-state index contributed by atoms with van der Waals surface area (Å²) in [6, 6.07) is 6.77. The van der Waals surface area contributed by atoms with Gasteiger partial charge in [-0.15, -0.1) is 0 Å². The number of ether oxygens (including phenoxy) is 3. The van der Waals surface area contributed by atoms with Crippen molar-refractivity contribution in [2.24, 2.45) is 0 Å². The predicted molar refractivity (Wildman–Crippen MR) is 81.2 cm³/mol. The molecule has 1 fully saturated rings. The summed E-state index contributed by atoms with van der Waals surface area (Å²) in [5, 5.41) is 38.5. The molecule has 0 unspecified atom stereocenters. The summed E-state index contributed by atoms with van der Waals surface area (Å²) in [6.45, 7) is 2.24. The number of benzene rings is 1. The van der Waals surface area contributed by atoms with E-state index in [1.54, 1.807) is 24.3 Å². The highest BCUT2D eigenvalue weighted by molar-refractivity contribution is 5.31. The van der Waals surface area contributed by atoms with Gasteiger partial charge in [0.1, 0.15) is 35.9 Å². The first-order valence-electron chi connectivity index (χ1n) is 7.76. The van der Waals surface area contributed by atoms with E-state index in [0.29, 0.717) is 18.1 Å². The van der Waals surface area contributed by atoms with Crippen LogP contribution >= 0.6 is 0 Å². The second-order valence-electron chi connectivity index (χ2n) is 5.49. The standard InChI is InChI=1S/C16H24O7/c1-2-3-8-21-10-4-6-11(7-5-10)22-16-15(20)14(19)13(18)12(9-17)23-16/h4-7,12-20H,2-3,8-9H2,1H3/t12-,13-,14+,15-,16+/m1/s1. The van der Waals surface area contributed by atoms with Crippen molar-refractivity contribution >= 4 is 0 Å². The minimum absolute atomic E-state index is 0.414. The molecular formula is C16H24O7. The van der Waals surface area contributed by atoms with Gasteiger partial charge in [-0.2, -0.15) is 0 Å². The molecule has 0 radical (unpaired) electrons. The molecule has 0 saturated carbocycles. The zero-order chi connectivity index (χ0) is 16.8. The molecule has 0 spiro atoms. The first-order chi connectivity index (χ1) is 11.1. The third kappa shape index (κ3) is 4.55. The Labute approximate surface area is 135 Å². The van der Waals surface area contributed by atoms with E-state index >= 15 is 0 Å². The minimum Gasteiger partial charge on any atom is -0.494 e. The molecule has 4 N–H and O–H groups in total. The van der Waals surface area contributed by atoms with Crippen molar-refractivity contribution in [3.8, 4) is 11.5 Å². The van der Waals surface area contributed by atoms with Crippen LogP contribution in [0.25, 0.3) is 0 Å². The van der Waals surface area contributed by atoms with E-state index in [2.05, 4.69) is 6.92 Å². The highest BCUT2D eigenvalue weighted by Crippen LogP contribution is 2.25. The van der Waals surface area contributed by atoms with Gasteiger partial charge in [-0.25, -0.2) is 0 Å². The van der Waals surface area contributed by atoms with Gasteiger partial charge >= 0.3 is 0 Å². The largest absolute Gasteiger partial charge is 0.494 e. The van der Waals surface area contributed by atoms with Crippen LogP contribution < -0.4 is 9.47 Å². The normalized spacial score (nSPS) is 30.9. The maximum absolute atomic E-state index is 9.91. The number of aliphatic hydroxyl groups excluding tert-OH is 4. The lowest BCUT2D eigenvalue weighted by Crippen LogP contribution is -2.60. The van der Waals surface area contributed by atoms with Crippen LogP contribution in [0.5, 0.6) is 11.5 Å². The molecule has 1 aliphatic rings. The highest BCUT2D eigenvalue weighted by atomic mass is 16.7. The average molecular weight is 328 g/mol. The van der Waals surface area contributed by atoms with Gasteiger partial charge in [0.25, 0.3) is 0 Å². The molecule has 1 heterocycles. The Morgan fingerprint density at radius 1 is 1.00 bits per heavy atom. The lowest BCUT2D eigenvalue weighted by molar-refractivity contribution is -0.277. The second kappa shape index (κ2) is 8.47. The second-order valence-corrected chi connectivity index (χ2v) is 5.49. The van der Waals surface area contributed by atoms with E-state index in [-0.39, 0.29) is 0 Å². The fourth-order valence-corrected chi connectivity index (χ4v) is 2.25.